The zero-order valence-corrected chi connectivity index (χ0v) is 12.3. The average Bonchev–Trinajstić information content (AvgIpc) is 2.68. The second kappa shape index (κ2) is 5.46. The second-order valence-electron chi connectivity index (χ2n) is 3.84. The summed E-state index contributed by atoms with van der Waals surface area (Å²) in [7, 11) is -3.71. The highest BCUT2D eigenvalue weighted by Gasteiger charge is 2.20. The molecule has 2 N–H and O–H groups in total. The number of hydrogen-bond acceptors (Lipinski definition) is 4. The predicted molar refractivity (Wildman–Crippen MR) is 75.2 cm³/mol. The highest BCUT2D eigenvalue weighted by molar-refractivity contribution is 7.91. The summed E-state index contributed by atoms with van der Waals surface area (Å²) in [5.41, 5.74) is 1.01. The fraction of sp³-hybridized carbons (Fsp3) is 0.182. The first kappa shape index (κ1) is 14.3. The fourth-order valence-corrected chi connectivity index (χ4v) is 4.08. The molecule has 0 bridgehead atoms. The number of aromatic amines is 1. The van der Waals surface area contributed by atoms with Gasteiger partial charge in [0.2, 0.25) is 0 Å². The molecule has 0 amide bonds. The van der Waals surface area contributed by atoms with Crippen LogP contribution >= 0.6 is 22.9 Å². The maximum atomic E-state index is 12.0. The summed E-state index contributed by atoms with van der Waals surface area (Å²) >= 11 is 6.61. The van der Waals surface area contributed by atoms with Gasteiger partial charge in [0, 0.05) is 17.3 Å². The molecule has 0 aliphatic carbocycles. The molecule has 0 saturated heterocycles. The molecule has 19 heavy (non-hydrogen) atoms. The Morgan fingerprint density at radius 3 is 2.63 bits per heavy atom. The van der Waals surface area contributed by atoms with Crippen molar-refractivity contribution in [1.29, 1.82) is 0 Å². The Morgan fingerprint density at radius 2 is 2.05 bits per heavy atom. The molecule has 0 atom stereocenters. The highest BCUT2D eigenvalue weighted by atomic mass is 35.5. The summed E-state index contributed by atoms with van der Waals surface area (Å²) in [5.74, 6) is 0. The molecule has 0 saturated carbocycles. The van der Waals surface area contributed by atoms with Crippen LogP contribution in [0.4, 0.5) is 0 Å². The molecule has 0 fully saturated rings. The number of sulfonamides is 1. The van der Waals surface area contributed by atoms with Gasteiger partial charge in [0.1, 0.15) is 0 Å². The van der Waals surface area contributed by atoms with Gasteiger partial charge in [-0.1, -0.05) is 41.1 Å². The van der Waals surface area contributed by atoms with Crippen molar-refractivity contribution in [3.63, 3.8) is 0 Å². The topological polar surface area (TPSA) is 79.0 Å². The number of thiazole rings is 1. The van der Waals surface area contributed by atoms with E-state index in [1.54, 1.807) is 31.2 Å². The third-order valence-electron chi connectivity index (χ3n) is 2.44. The van der Waals surface area contributed by atoms with E-state index in [0.29, 0.717) is 27.6 Å². The van der Waals surface area contributed by atoms with Gasteiger partial charge in [0.05, 0.1) is 0 Å². The van der Waals surface area contributed by atoms with Gasteiger partial charge in [-0.05, 0) is 18.6 Å². The molecule has 1 heterocycles. The van der Waals surface area contributed by atoms with Crippen LogP contribution in [-0.4, -0.2) is 13.4 Å². The molecule has 8 heteroatoms. The van der Waals surface area contributed by atoms with E-state index in [0.717, 1.165) is 0 Å². The van der Waals surface area contributed by atoms with Crippen LogP contribution in [0.25, 0.3) is 0 Å². The van der Waals surface area contributed by atoms with E-state index in [4.69, 9.17) is 11.6 Å². The molecule has 2 rings (SSSR count). The highest BCUT2D eigenvalue weighted by Crippen LogP contribution is 2.18. The minimum atomic E-state index is -3.71. The third kappa shape index (κ3) is 3.24. The number of H-pyrrole nitrogens is 1. The summed E-state index contributed by atoms with van der Waals surface area (Å²) in [6, 6.07) is 6.96. The number of benzene rings is 1. The smallest absolute Gasteiger partial charge is 0.305 e. The van der Waals surface area contributed by atoms with Crippen molar-refractivity contribution >= 4 is 33.0 Å². The van der Waals surface area contributed by atoms with Crippen LogP contribution in [0, 0.1) is 6.92 Å². The lowest BCUT2D eigenvalue weighted by Gasteiger charge is -2.06. The first-order valence-corrected chi connectivity index (χ1v) is 8.01. The van der Waals surface area contributed by atoms with Crippen LogP contribution in [0.5, 0.6) is 0 Å². The Hall–Kier alpha value is -1.15. The molecular weight excluding hydrogens is 308 g/mol. The van der Waals surface area contributed by atoms with Gasteiger partial charge in [-0.15, -0.1) is 0 Å². The number of aromatic nitrogens is 1. The maximum Gasteiger partial charge on any atom is 0.305 e. The lowest BCUT2D eigenvalue weighted by Crippen LogP contribution is -2.23. The standard InChI is InChI=1S/C11H11ClN2O3S2/c1-7-10(18-11(15)14-7)19(16,17)13-6-8-4-2-3-5-9(8)12/h2-5,13H,6H2,1H3,(H,14,15). The van der Waals surface area contributed by atoms with Crippen LogP contribution in [0.2, 0.25) is 5.02 Å². The summed E-state index contributed by atoms with van der Waals surface area (Å²) in [6.45, 7) is 1.62. The largest absolute Gasteiger partial charge is 0.315 e. The maximum absolute atomic E-state index is 12.0. The summed E-state index contributed by atoms with van der Waals surface area (Å²) in [6.07, 6.45) is 0. The van der Waals surface area contributed by atoms with Crippen molar-refractivity contribution in [1.82, 2.24) is 9.71 Å². The number of rotatable bonds is 4. The van der Waals surface area contributed by atoms with Crippen molar-refractivity contribution in [2.75, 3.05) is 0 Å². The van der Waals surface area contributed by atoms with Crippen molar-refractivity contribution in [2.24, 2.45) is 0 Å². The van der Waals surface area contributed by atoms with Crippen molar-refractivity contribution in [3.05, 3.63) is 50.2 Å². The predicted octanol–water partition coefficient (Wildman–Crippen LogP) is 1.88. The van der Waals surface area contributed by atoms with E-state index in [9.17, 15) is 13.2 Å². The van der Waals surface area contributed by atoms with Gasteiger partial charge < -0.3 is 4.98 Å². The lowest BCUT2D eigenvalue weighted by atomic mass is 10.2. The molecule has 0 spiro atoms. The SMILES string of the molecule is Cc1[nH]c(=O)sc1S(=O)(=O)NCc1ccccc1Cl. The quantitative estimate of drug-likeness (QED) is 0.903. The van der Waals surface area contributed by atoms with E-state index in [-0.39, 0.29) is 10.8 Å². The normalized spacial score (nSPS) is 11.7. The Bertz CT molecular complexity index is 749. The third-order valence-corrected chi connectivity index (χ3v) is 5.81. The Morgan fingerprint density at radius 1 is 1.37 bits per heavy atom. The minimum absolute atomic E-state index is 0.00422. The van der Waals surface area contributed by atoms with Crippen molar-refractivity contribution in [2.45, 2.75) is 17.7 Å². The van der Waals surface area contributed by atoms with Crippen molar-refractivity contribution < 1.29 is 8.42 Å². The molecule has 0 aliphatic heterocycles. The monoisotopic (exact) mass is 318 g/mol. The average molecular weight is 319 g/mol. The Balaban J connectivity index is 2.22. The zero-order valence-electron chi connectivity index (χ0n) is 9.94. The number of nitrogens with one attached hydrogen (secondary N) is 2. The molecule has 0 aliphatic rings. The van der Waals surface area contributed by atoms with Crippen LogP contribution in [0.1, 0.15) is 11.3 Å². The van der Waals surface area contributed by atoms with E-state index in [1.807, 2.05) is 0 Å². The molecule has 1 aromatic heterocycles. The number of aryl methyl sites for hydroxylation is 1. The Labute approximate surface area is 119 Å². The number of halogens is 1. The summed E-state index contributed by atoms with van der Waals surface area (Å²) < 4.78 is 26.5. The van der Waals surface area contributed by atoms with Crippen LogP contribution in [-0.2, 0) is 16.6 Å². The second-order valence-corrected chi connectivity index (χ2v) is 7.20. The molecular formula is C11H11ClN2O3S2. The van der Waals surface area contributed by atoms with Crippen molar-refractivity contribution in [3.8, 4) is 0 Å². The Kier molecular flexibility index (Phi) is 4.10. The van der Waals surface area contributed by atoms with Crippen LogP contribution in [0.15, 0.2) is 33.3 Å². The van der Waals surface area contributed by atoms with E-state index >= 15 is 0 Å². The summed E-state index contributed by atoms with van der Waals surface area (Å²) in [4.78, 5) is 13.2. The van der Waals surface area contributed by atoms with Gasteiger partial charge in [0.15, 0.2) is 4.21 Å². The van der Waals surface area contributed by atoms with Crippen LogP contribution in [0.3, 0.4) is 0 Å². The van der Waals surface area contributed by atoms with Gasteiger partial charge in [-0.2, -0.15) is 0 Å². The molecule has 5 nitrogen and oxygen atoms in total. The zero-order chi connectivity index (χ0) is 14.0. The van der Waals surface area contributed by atoms with Crippen LogP contribution < -0.4 is 9.60 Å². The van der Waals surface area contributed by atoms with E-state index in [1.165, 1.54) is 0 Å². The van der Waals surface area contributed by atoms with Gasteiger partial charge in [-0.3, -0.25) is 4.79 Å². The molecule has 0 radical (unpaired) electrons. The van der Waals surface area contributed by atoms with Gasteiger partial charge >= 0.3 is 4.87 Å². The van der Waals surface area contributed by atoms with E-state index in [2.05, 4.69) is 9.71 Å². The summed E-state index contributed by atoms with van der Waals surface area (Å²) in [5, 5.41) is 0.490. The number of hydrogen-bond donors (Lipinski definition) is 2. The lowest BCUT2D eigenvalue weighted by molar-refractivity contribution is 0.582. The molecule has 2 aromatic rings. The van der Waals surface area contributed by atoms with E-state index < -0.39 is 14.9 Å². The van der Waals surface area contributed by atoms with Gasteiger partial charge in [0.25, 0.3) is 10.0 Å². The van der Waals surface area contributed by atoms with Gasteiger partial charge in [-0.25, -0.2) is 13.1 Å². The first-order chi connectivity index (χ1) is 8.90. The molecule has 102 valence electrons. The molecule has 0 unspecified atom stereocenters. The fourth-order valence-electron chi connectivity index (χ4n) is 1.53. The first-order valence-electron chi connectivity index (χ1n) is 5.33. The molecule has 1 aromatic carbocycles. The minimum Gasteiger partial charge on any atom is -0.315 e.